The fourth-order valence-electron chi connectivity index (χ4n) is 15.0. The van der Waals surface area contributed by atoms with Crippen molar-refractivity contribution >= 4 is 155 Å². The minimum Gasteiger partial charge on any atom is -0.459 e. The zero-order valence-electron chi connectivity index (χ0n) is 47.4. The summed E-state index contributed by atoms with van der Waals surface area (Å²) in [5.74, 6) is 1.74. The van der Waals surface area contributed by atoms with Crippen LogP contribution in [0.3, 0.4) is 0 Å². The summed E-state index contributed by atoms with van der Waals surface area (Å²) in [5.41, 5.74) is 27.3. The van der Waals surface area contributed by atoms with Crippen LogP contribution in [0.4, 0.5) is 85.3 Å². The maximum absolute atomic E-state index is 8.14. The Morgan fingerprint density at radius 2 is 0.586 bits per heavy atom. The number of rotatable bonds is 8. The van der Waals surface area contributed by atoms with Gasteiger partial charge in [0.15, 0.2) is 0 Å². The van der Waals surface area contributed by atoms with Crippen molar-refractivity contribution in [3.8, 4) is 11.5 Å². The summed E-state index contributed by atoms with van der Waals surface area (Å²) in [6, 6.07) is 116. The van der Waals surface area contributed by atoms with Gasteiger partial charge in [0.2, 0.25) is 0 Å². The lowest BCUT2D eigenvalue weighted by Gasteiger charge is -2.47. The summed E-state index contributed by atoms with van der Waals surface area (Å²) < 4.78 is 8.14. The molecule has 87 heavy (non-hydrogen) atoms. The van der Waals surface area contributed by atoms with Crippen molar-refractivity contribution in [1.29, 1.82) is 0 Å². The average molecular weight is 1110 g/mol. The first-order valence-corrected chi connectivity index (χ1v) is 30.1. The summed E-state index contributed by atoms with van der Waals surface area (Å²) >= 11 is 0. The maximum atomic E-state index is 8.14. The Kier molecular flexibility index (Phi) is 11.2. The number of ether oxygens (including phenoxy) is 1. The van der Waals surface area contributed by atoms with Crippen molar-refractivity contribution in [3.05, 3.63) is 315 Å². The second-order valence-electron chi connectivity index (χ2n) is 23.1. The molecule has 9 heteroatoms. The minimum atomic E-state index is -0.206. The average Bonchev–Trinajstić information content (AvgIpc) is 0.747. The predicted molar refractivity (Wildman–Crippen MR) is 367 cm³/mol. The molecule has 6 nitrogen and oxygen atoms in total. The van der Waals surface area contributed by atoms with Crippen LogP contribution in [0, 0.1) is 0 Å². The number of hydrogen-bond acceptors (Lipinski definition) is 6. The SMILES string of the molecule is c1ccc(B2c3ccccc3N(c3ccccc3)c3cc4c5c(c32)Oc2cc3c(cc2B5c2ccccc2N4c2ccccc2)B2c4ccccc4N(c4ccccc4)c4cc(N(c5ccccc5)c5ccccc5)cc(c42)N3c2ccccc2)cc1. The molecular formula is C78H52B3N5O. The number of anilines is 15. The molecule has 18 rings (SSSR count). The van der Waals surface area contributed by atoms with Crippen LogP contribution in [-0.2, 0) is 0 Å². The smallest absolute Gasteiger partial charge is 0.256 e. The lowest BCUT2D eigenvalue weighted by molar-refractivity contribution is 0.491. The van der Waals surface area contributed by atoms with Gasteiger partial charge in [-0.3, -0.25) is 0 Å². The van der Waals surface area contributed by atoms with Gasteiger partial charge in [0.1, 0.15) is 11.5 Å². The van der Waals surface area contributed by atoms with Crippen molar-refractivity contribution in [1.82, 2.24) is 0 Å². The van der Waals surface area contributed by atoms with Gasteiger partial charge in [-0.15, -0.1) is 0 Å². The fraction of sp³-hybridized carbons (Fsp3) is 0. The highest BCUT2D eigenvalue weighted by atomic mass is 16.5. The van der Waals surface area contributed by atoms with Gasteiger partial charge in [-0.05, 0) is 153 Å². The molecule has 0 unspecified atom stereocenters. The highest BCUT2D eigenvalue weighted by Gasteiger charge is 2.50. The molecule has 0 fully saturated rings. The number of benzene rings is 13. The van der Waals surface area contributed by atoms with Crippen molar-refractivity contribution in [2.75, 3.05) is 24.5 Å². The van der Waals surface area contributed by atoms with E-state index in [0.717, 1.165) is 108 Å². The highest BCUT2D eigenvalue weighted by Crippen LogP contribution is 2.51. The van der Waals surface area contributed by atoms with Gasteiger partial charge in [-0.25, -0.2) is 0 Å². The minimum absolute atomic E-state index is 0.159. The standard InChI is InChI=1S/C78H52B3N5O/c1-8-28-53(29-9-1)79-61-42-22-25-45-66(61)84(57-36-16-5-17-37-57)72-51-73-77-78(76(72)79)87-74-52-69-64(50-65(74)81(77)63-44-24-27-47-68(63)85(73)58-38-18-6-19-39-58)80-62-43-23-26-46-67(62)83(56-34-14-4-15-35-56)70-48-60(49-71(75(70)80)86(69)59-40-20-7-21-41-59)82(54-30-10-2-11-31-54)55-32-12-3-13-33-55/h1-52H. The molecule has 0 amide bonds. The number of para-hydroxylation sites is 9. The van der Waals surface area contributed by atoms with E-state index >= 15 is 0 Å². The van der Waals surface area contributed by atoms with Gasteiger partial charge in [0.25, 0.3) is 20.1 Å². The number of fused-ring (bicyclic) bond motifs is 11. The van der Waals surface area contributed by atoms with Gasteiger partial charge >= 0.3 is 0 Å². The number of hydrogen-bond donors (Lipinski definition) is 0. The van der Waals surface area contributed by atoms with Crippen molar-refractivity contribution in [3.63, 3.8) is 0 Å². The molecule has 13 aromatic rings. The van der Waals surface area contributed by atoms with Crippen LogP contribution in [0.1, 0.15) is 0 Å². The second-order valence-corrected chi connectivity index (χ2v) is 23.1. The second kappa shape index (κ2) is 19.7. The van der Waals surface area contributed by atoms with Crippen molar-refractivity contribution in [2.24, 2.45) is 0 Å². The molecule has 0 atom stereocenters. The summed E-state index contributed by atoms with van der Waals surface area (Å²) in [5, 5.41) is 0. The molecule has 5 aliphatic rings. The van der Waals surface area contributed by atoms with Gasteiger partial charge in [-0.1, -0.05) is 206 Å². The molecule has 5 heterocycles. The Balaban J connectivity index is 0.953. The van der Waals surface area contributed by atoms with E-state index in [-0.39, 0.29) is 20.1 Å². The van der Waals surface area contributed by atoms with Crippen LogP contribution in [-0.4, -0.2) is 20.1 Å². The summed E-state index contributed by atoms with van der Waals surface area (Å²) in [6.45, 7) is -0.527. The van der Waals surface area contributed by atoms with Crippen LogP contribution >= 0.6 is 0 Å². The van der Waals surface area contributed by atoms with Crippen LogP contribution in [0.25, 0.3) is 0 Å². The molecular weight excluding hydrogens is 1060 g/mol. The quantitative estimate of drug-likeness (QED) is 0.141. The van der Waals surface area contributed by atoms with Crippen LogP contribution in [0.15, 0.2) is 315 Å². The Morgan fingerprint density at radius 1 is 0.241 bits per heavy atom. The molecule has 0 bridgehead atoms. The van der Waals surface area contributed by atoms with E-state index in [1.807, 2.05) is 0 Å². The Hall–Kier alpha value is -11.1. The maximum Gasteiger partial charge on any atom is 0.256 e. The van der Waals surface area contributed by atoms with E-state index in [0.29, 0.717) is 0 Å². The lowest BCUT2D eigenvalue weighted by atomic mass is 9.29. The van der Waals surface area contributed by atoms with Gasteiger partial charge in [0.05, 0.1) is 5.69 Å². The Bertz CT molecular complexity index is 4790. The molecule has 0 aromatic heterocycles. The van der Waals surface area contributed by atoms with Crippen LogP contribution < -0.4 is 78.4 Å². The fourth-order valence-corrected chi connectivity index (χ4v) is 15.0. The predicted octanol–water partition coefficient (Wildman–Crippen LogP) is 13.9. The van der Waals surface area contributed by atoms with Gasteiger partial charge in [-0.2, -0.15) is 0 Å². The third kappa shape index (κ3) is 7.52. The van der Waals surface area contributed by atoms with E-state index in [1.165, 1.54) is 38.2 Å². The Labute approximate surface area is 507 Å². The third-order valence-electron chi connectivity index (χ3n) is 18.4. The molecule has 0 saturated carbocycles. The lowest BCUT2D eigenvalue weighted by Crippen LogP contribution is -2.66. The first kappa shape index (κ1) is 49.3. The third-order valence-corrected chi connectivity index (χ3v) is 18.4. The normalized spacial score (nSPS) is 13.4. The molecule has 0 saturated heterocycles. The monoisotopic (exact) mass is 1110 g/mol. The summed E-state index contributed by atoms with van der Waals surface area (Å²) in [4.78, 5) is 12.4. The molecule has 0 aliphatic carbocycles. The summed E-state index contributed by atoms with van der Waals surface area (Å²) in [7, 11) is 0. The van der Waals surface area contributed by atoms with E-state index in [4.69, 9.17) is 4.74 Å². The summed E-state index contributed by atoms with van der Waals surface area (Å²) in [6.07, 6.45) is 0. The number of nitrogens with zero attached hydrogens (tertiary/aromatic N) is 5. The zero-order valence-corrected chi connectivity index (χ0v) is 47.4. The van der Waals surface area contributed by atoms with Gasteiger partial charge < -0.3 is 29.2 Å². The van der Waals surface area contributed by atoms with Crippen molar-refractivity contribution < 1.29 is 4.74 Å². The largest absolute Gasteiger partial charge is 0.459 e. The highest BCUT2D eigenvalue weighted by molar-refractivity contribution is 7.04. The van der Waals surface area contributed by atoms with E-state index < -0.39 is 0 Å². The molecule has 13 aromatic carbocycles. The topological polar surface area (TPSA) is 25.4 Å². The van der Waals surface area contributed by atoms with Crippen LogP contribution in [0.2, 0.25) is 0 Å². The molecule has 0 radical (unpaired) electrons. The van der Waals surface area contributed by atoms with E-state index in [2.05, 4.69) is 340 Å². The van der Waals surface area contributed by atoms with E-state index in [9.17, 15) is 0 Å². The molecule has 5 aliphatic heterocycles. The van der Waals surface area contributed by atoms with Crippen molar-refractivity contribution in [2.45, 2.75) is 0 Å². The Morgan fingerprint density at radius 3 is 1.03 bits per heavy atom. The zero-order chi connectivity index (χ0) is 57.1. The van der Waals surface area contributed by atoms with Crippen LogP contribution in [0.5, 0.6) is 11.5 Å². The molecule has 0 spiro atoms. The first-order chi connectivity index (χ1) is 43.2. The van der Waals surface area contributed by atoms with Gasteiger partial charge in [0, 0.05) is 85.7 Å². The molecule has 404 valence electrons. The first-order valence-electron chi connectivity index (χ1n) is 30.1. The van der Waals surface area contributed by atoms with E-state index in [1.54, 1.807) is 0 Å². The molecule has 0 N–H and O–H groups in total.